The van der Waals surface area contributed by atoms with Gasteiger partial charge in [0.05, 0.1) is 11.4 Å². The Morgan fingerprint density at radius 1 is 1.22 bits per heavy atom. The third-order valence-corrected chi connectivity index (χ3v) is 3.97. The van der Waals surface area contributed by atoms with Crippen LogP contribution in [0.2, 0.25) is 0 Å². The lowest BCUT2D eigenvalue weighted by atomic mass is 10.1. The second kappa shape index (κ2) is 8.36. The number of carbonyl (C=O) groups is 1. The molecule has 0 bridgehead atoms. The number of nitrogens with zero attached hydrogens (tertiary/aromatic N) is 3. The van der Waals surface area contributed by atoms with Crippen molar-refractivity contribution in [2.45, 2.75) is 33.6 Å². The Bertz CT molecular complexity index is 617. The number of rotatable bonds is 7. The third-order valence-electron chi connectivity index (χ3n) is 3.97. The van der Waals surface area contributed by atoms with Crippen molar-refractivity contribution in [2.24, 2.45) is 0 Å². The van der Waals surface area contributed by atoms with E-state index in [1.54, 1.807) is 4.90 Å². The number of para-hydroxylation sites is 1. The van der Waals surface area contributed by atoms with Gasteiger partial charge in [0, 0.05) is 25.8 Å². The molecule has 0 aliphatic rings. The molecule has 5 nitrogen and oxygen atoms in total. The molecule has 23 heavy (non-hydrogen) atoms. The Morgan fingerprint density at radius 2 is 1.91 bits per heavy atom. The van der Waals surface area contributed by atoms with E-state index in [1.807, 2.05) is 55.8 Å². The fraction of sp³-hybridized carbons (Fsp3) is 0.444. The minimum Gasteiger partial charge on any atom is -0.338 e. The first kappa shape index (κ1) is 17.1. The summed E-state index contributed by atoms with van der Waals surface area (Å²) >= 11 is 0. The van der Waals surface area contributed by atoms with Crippen LogP contribution < -0.4 is 5.32 Å². The number of hydrogen-bond donors (Lipinski definition) is 1. The van der Waals surface area contributed by atoms with Crippen LogP contribution in [0.5, 0.6) is 0 Å². The molecule has 1 N–H and O–H groups in total. The molecule has 0 radical (unpaired) electrons. The summed E-state index contributed by atoms with van der Waals surface area (Å²) in [5, 5.41) is 7.54. The molecule has 1 aromatic carbocycles. The van der Waals surface area contributed by atoms with Crippen molar-refractivity contribution < 1.29 is 4.79 Å². The van der Waals surface area contributed by atoms with Crippen LogP contribution in [0.1, 0.15) is 31.5 Å². The molecule has 0 fully saturated rings. The van der Waals surface area contributed by atoms with Crippen LogP contribution in [0.15, 0.2) is 36.5 Å². The predicted molar refractivity (Wildman–Crippen MR) is 92.9 cm³/mol. The molecular weight excluding hydrogens is 288 g/mol. The zero-order chi connectivity index (χ0) is 16.7. The van der Waals surface area contributed by atoms with E-state index in [0.29, 0.717) is 6.54 Å². The molecule has 2 amide bonds. The molecule has 0 saturated carbocycles. The van der Waals surface area contributed by atoms with Gasteiger partial charge in [-0.25, -0.2) is 9.48 Å². The summed E-state index contributed by atoms with van der Waals surface area (Å²) < 4.78 is 1.92. The largest absolute Gasteiger partial charge is 0.338 e. The maximum Gasteiger partial charge on any atom is 0.317 e. The summed E-state index contributed by atoms with van der Waals surface area (Å²) in [6, 6.07) is 10.1. The van der Waals surface area contributed by atoms with Crippen molar-refractivity contribution >= 4 is 6.03 Å². The number of amides is 2. The molecule has 1 aromatic heterocycles. The third kappa shape index (κ3) is 4.58. The number of hydrogen-bond acceptors (Lipinski definition) is 2. The highest BCUT2D eigenvalue weighted by Crippen LogP contribution is 2.13. The highest BCUT2D eigenvalue weighted by atomic mass is 16.2. The summed E-state index contributed by atoms with van der Waals surface area (Å²) in [7, 11) is 0. The highest BCUT2D eigenvalue weighted by molar-refractivity contribution is 5.73. The van der Waals surface area contributed by atoms with Gasteiger partial charge in [0.2, 0.25) is 0 Å². The van der Waals surface area contributed by atoms with E-state index in [4.69, 9.17) is 0 Å². The molecule has 124 valence electrons. The second-order valence-corrected chi connectivity index (χ2v) is 5.53. The summed E-state index contributed by atoms with van der Waals surface area (Å²) in [6.07, 6.45) is 3.91. The molecule has 5 heteroatoms. The normalized spacial score (nSPS) is 10.6. The summed E-state index contributed by atoms with van der Waals surface area (Å²) in [5.74, 6) is 0. The Kier molecular flexibility index (Phi) is 6.20. The Balaban J connectivity index is 1.85. The van der Waals surface area contributed by atoms with E-state index in [2.05, 4.69) is 16.6 Å². The van der Waals surface area contributed by atoms with Crippen molar-refractivity contribution in [3.05, 3.63) is 47.8 Å². The van der Waals surface area contributed by atoms with Gasteiger partial charge in [-0.05, 0) is 51.3 Å². The van der Waals surface area contributed by atoms with Gasteiger partial charge in [0.25, 0.3) is 0 Å². The molecule has 0 atom stereocenters. The van der Waals surface area contributed by atoms with Crippen molar-refractivity contribution in [3.63, 3.8) is 0 Å². The number of aromatic nitrogens is 2. The smallest absolute Gasteiger partial charge is 0.317 e. The van der Waals surface area contributed by atoms with Crippen molar-refractivity contribution in [1.82, 2.24) is 20.0 Å². The van der Waals surface area contributed by atoms with E-state index >= 15 is 0 Å². The SMILES string of the molecule is CCN(CC)C(=O)NCCCc1cn(-c2ccccc2)nc1C. The molecule has 0 aliphatic heterocycles. The van der Waals surface area contributed by atoms with Crippen LogP contribution in [-0.4, -0.2) is 40.3 Å². The lowest BCUT2D eigenvalue weighted by Gasteiger charge is -2.19. The highest BCUT2D eigenvalue weighted by Gasteiger charge is 2.09. The van der Waals surface area contributed by atoms with Crippen LogP contribution in [-0.2, 0) is 6.42 Å². The average molecular weight is 314 g/mol. The van der Waals surface area contributed by atoms with Crippen LogP contribution in [0.25, 0.3) is 5.69 Å². The first-order chi connectivity index (χ1) is 11.2. The van der Waals surface area contributed by atoms with Crippen molar-refractivity contribution in [3.8, 4) is 5.69 Å². The standard InChI is InChI=1S/C18H26N4O/c1-4-21(5-2)18(23)19-13-9-10-16-14-22(20-15(16)3)17-11-7-6-8-12-17/h6-8,11-12,14H,4-5,9-10,13H2,1-3H3,(H,19,23). The van der Waals surface area contributed by atoms with Crippen molar-refractivity contribution in [1.29, 1.82) is 0 Å². The minimum atomic E-state index is 0.0201. The predicted octanol–water partition coefficient (Wildman–Crippen LogP) is 3.16. The van der Waals surface area contributed by atoms with Gasteiger partial charge in [-0.3, -0.25) is 0 Å². The van der Waals surface area contributed by atoms with E-state index in [-0.39, 0.29) is 6.03 Å². The zero-order valence-electron chi connectivity index (χ0n) is 14.2. The lowest BCUT2D eigenvalue weighted by molar-refractivity contribution is 0.203. The Hall–Kier alpha value is -2.30. The number of benzene rings is 1. The fourth-order valence-corrected chi connectivity index (χ4v) is 2.55. The van der Waals surface area contributed by atoms with Gasteiger partial charge in [0.1, 0.15) is 0 Å². The molecule has 0 saturated heterocycles. The van der Waals surface area contributed by atoms with Crippen LogP contribution in [0.4, 0.5) is 4.79 Å². The quantitative estimate of drug-likeness (QED) is 0.798. The zero-order valence-corrected chi connectivity index (χ0v) is 14.2. The van der Waals surface area contributed by atoms with Gasteiger partial charge in [0.15, 0.2) is 0 Å². The first-order valence-electron chi connectivity index (χ1n) is 8.29. The van der Waals surface area contributed by atoms with Gasteiger partial charge in [-0.1, -0.05) is 18.2 Å². The maximum absolute atomic E-state index is 11.9. The van der Waals surface area contributed by atoms with Gasteiger partial charge < -0.3 is 10.2 Å². The van der Waals surface area contributed by atoms with Crippen LogP contribution in [0.3, 0.4) is 0 Å². The molecule has 2 rings (SSSR count). The van der Waals surface area contributed by atoms with Gasteiger partial charge in [-0.15, -0.1) is 0 Å². The first-order valence-corrected chi connectivity index (χ1v) is 8.29. The van der Waals surface area contributed by atoms with E-state index in [1.165, 1.54) is 5.56 Å². The summed E-state index contributed by atoms with van der Waals surface area (Å²) in [6.45, 7) is 8.18. The number of carbonyl (C=O) groups excluding carboxylic acids is 1. The van der Waals surface area contributed by atoms with E-state index < -0.39 is 0 Å². The second-order valence-electron chi connectivity index (χ2n) is 5.53. The van der Waals surface area contributed by atoms with Crippen LogP contribution >= 0.6 is 0 Å². The average Bonchev–Trinajstić information content (AvgIpc) is 2.94. The minimum absolute atomic E-state index is 0.0201. The number of urea groups is 1. The van der Waals surface area contributed by atoms with Crippen LogP contribution in [0, 0.1) is 6.92 Å². The maximum atomic E-state index is 11.9. The lowest BCUT2D eigenvalue weighted by Crippen LogP contribution is -2.40. The molecular formula is C18H26N4O. The Morgan fingerprint density at radius 3 is 2.57 bits per heavy atom. The Labute approximate surface area is 138 Å². The molecule has 1 heterocycles. The summed E-state index contributed by atoms with van der Waals surface area (Å²) in [4.78, 5) is 13.7. The molecule has 0 spiro atoms. The monoisotopic (exact) mass is 314 g/mol. The van der Waals surface area contributed by atoms with Crippen molar-refractivity contribution in [2.75, 3.05) is 19.6 Å². The molecule has 0 aliphatic carbocycles. The van der Waals surface area contributed by atoms with E-state index in [0.717, 1.165) is 37.3 Å². The number of aryl methyl sites for hydroxylation is 2. The van der Waals surface area contributed by atoms with Gasteiger partial charge in [-0.2, -0.15) is 5.10 Å². The summed E-state index contributed by atoms with van der Waals surface area (Å²) in [5.41, 5.74) is 3.34. The molecule has 0 unspecified atom stereocenters. The van der Waals surface area contributed by atoms with E-state index in [9.17, 15) is 4.79 Å². The molecule has 2 aromatic rings. The fourth-order valence-electron chi connectivity index (χ4n) is 2.55. The topological polar surface area (TPSA) is 50.2 Å². The van der Waals surface area contributed by atoms with Gasteiger partial charge >= 0.3 is 6.03 Å². The number of nitrogens with one attached hydrogen (secondary N) is 1.